The first kappa shape index (κ1) is 17.1. The minimum Gasteiger partial charge on any atom is -0.355 e. The van der Waals surface area contributed by atoms with Gasteiger partial charge in [0.1, 0.15) is 0 Å². The van der Waals surface area contributed by atoms with Crippen LogP contribution in [0.2, 0.25) is 0 Å². The van der Waals surface area contributed by atoms with E-state index in [9.17, 15) is 9.59 Å². The van der Waals surface area contributed by atoms with Crippen LogP contribution in [0.25, 0.3) is 21.8 Å². The van der Waals surface area contributed by atoms with Crippen LogP contribution in [-0.4, -0.2) is 47.6 Å². The summed E-state index contributed by atoms with van der Waals surface area (Å²) in [5.74, 6) is 0.105. The molecule has 3 heterocycles. The van der Waals surface area contributed by atoms with E-state index in [0.717, 1.165) is 19.5 Å². The van der Waals surface area contributed by atoms with Crippen molar-refractivity contribution in [3.8, 4) is 0 Å². The molecular formula is C22H24N4O2. The average molecular weight is 376 g/mol. The molecule has 0 saturated carbocycles. The van der Waals surface area contributed by atoms with Gasteiger partial charge in [-0.2, -0.15) is 0 Å². The molecule has 0 bridgehead atoms. The van der Waals surface area contributed by atoms with Crippen molar-refractivity contribution in [2.75, 3.05) is 26.2 Å². The molecule has 6 heteroatoms. The zero-order valence-corrected chi connectivity index (χ0v) is 15.8. The molecule has 0 radical (unpaired) electrons. The van der Waals surface area contributed by atoms with Gasteiger partial charge in [0.15, 0.2) is 0 Å². The highest BCUT2D eigenvalue weighted by molar-refractivity contribution is 6.07. The van der Waals surface area contributed by atoms with Crippen molar-refractivity contribution >= 4 is 33.7 Å². The Morgan fingerprint density at radius 3 is 2.39 bits per heavy atom. The number of nitrogens with one attached hydrogen (secondary N) is 2. The SMILES string of the molecule is O=C1CC2(CCN(C(=O)NCCn3c4ccccc4c4ccccc43)C2)CN1. The van der Waals surface area contributed by atoms with Crippen LogP contribution in [0.4, 0.5) is 4.79 Å². The first-order chi connectivity index (χ1) is 13.7. The standard InChI is InChI=1S/C22H24N4O2/c27-20-13-22(14-24-20)9-11-25(15-22)21(28)23-10-12-26-18-7-3-1-5-16(18)17-6-2-4-8-19(17)26/h1-8H,9-15H2,(H,23,28)(H,24,27). The summed E-state index contributed by atoms with van der Waals surface area (Å²) in [6.45, 7) is 3.36. The lowest BCUT2D eigenvalue weighted by atomic mass is 9.86. The maximum Gasteiger partial charge on any atom is 0.317 e. The highest BCUT2D eigenvalue weighted by Crippen LogP contribution is 2.36. The zero-order chi connectivity index (χ0) is 19.1. The molecule has 2 aromatic carbocycles. The Balaban J connectivity index is 1.27. The second kappa shape index (κ2) is 6.55. The Morgan fingerprint density at radius 2 is 1.75 bits per heavy atom. The average Bonchev–Trinajstić information content (AvgIpc) is 3.39. The summed E-state index contributed by atoms with van der Waals surface area (Å²) in [7, 11) is 0. The number of nitrogens with zero attached hydrogens (tertiary/aromatic N) is 2. The van der Waals surface area contributed by atoms with Gasteiger partial charge in [0.05, 0.1) is 0 Å². The lowest BCUT2D eigenvalue weighted by Gasteiger charge is -2.22. The van der Waals surface area contributed by atoms with Crippen LogP contribution in [0.15, 0.2) is 48.5 Å². The third kappa shape index (κ3) is 2.80. The zero-order valence-electron chi connectivity index (χ0n) is 15.8. The summed E-state index contributed by atoms with van der Waals surface area (Å²) < 4.78 is 2.27. The number of rotatable bonds is 3. The number of carbonyl (C=O) groups excluding carboxylic acids is 2. The van der Waals surface area contributed by atoms with Gasteiger partial charge in [0.25, 0.3) is 0 Å². The number of benzene rings is 2. The Hall–Kier alpha value is -3.02. The quantitative estimate of drug-likeness (QED) is 0.738. The largest absolute Gasteiger partial charge is 0.355 e. The number of likely N-dealkylation sites (tertiary alicyclic amines) is 1. The molecule has 1 atom stereocenters. The smallest absolute Gasteiger partial charge is 0.317 e. The van der Waals surface area contributed by atoms with Crippen LogP contribution in [0.3, 0.4) is 0 Å². The summed E-state index contributed by atoms with van der Waals surface area (Å²) in [6.07, 6.45) is 1.43. The van der Waals surface area contributed by atoms with Gasteiger partial charge in [-0.1, -0.05) is 36.4 Å². The number of hydrogen-bond donors (Lipinski definition) is 2. The van der Waals surface area contributed by atoms with E-state index in [4.69, 9.17) is 0 Å². The van der Waals surface area contributed by atoms with Crippen molar-refractivity contribution in [1.82, 2.24) is 20.1 Å². The fraction of sp³-hybridized carbons (Fsp3) is 0.364. The summed E-state index contributed by atoms with van der Waals surface area (Å²) in [5, 5.41) is 8.46. The molecule has 1 aromatic heterocycles. The highest BCUT2D eigenvalue weighted by atomic mass is 16.2. The Morgan fingerprint density at radius 1 is 1.07 bits per heavy atom. The number of fused-ring (bicyclic) bond motifs is 3. The summed E-state index contributed by atoms with van der Waals surface area (Å²) in [6, 6.07) is 16.8. The first-order valence-corrected chi connectivity index (χ1v) is 9.91. The van der Waals surface area contributed by atoms with Crippen molar-refractivity contribution in [2.24, 2.45) is 5.41 Å². The fourth-order valence-corrected chi connectivity index (χ4v) is 4.78. The molecule has 1 spiro atoms. The maximum absolute atomic E-state index is 12.6. The topological polar surface area (TPSA) is 66.4 Å². The van der Waals surface area contributed by atoms with Gasteiger partial charge in [0, 0.05) is 66.4 Å². The molecule has 2 fully saturated rings. The van der Waals surface area contributed by atoms with E-state index in [2.05, 4.69) is 63.7 Å². The van der Waals surface area contributed by atoms with Crippen molar-refractivity contribution in [3.05, 3.63) is 48.5 Å². The normalized spacial score (nSPS) is 21.7. The lowest BCUT2D eigenvalue weighted by Crippen LogP contribution is -2.41. The number of amides is 3. The van der Waals surface area contributed by atoms with E-state index in [1.807, 2.05) is 4.90 Å². The minimum absolute atomic E-state index is 0.0306. The van der Waals surface area contributed by atoms with Crippen molar-refractivity contribution in [3.63, 3.8) is 0 Å². The van der Waals surface area contributed by atoms with Gasteiger partial charge in [-0.05, 0) is 18.6 Å². The first-order valence-electron chi connectivity index (χ1n) is 9.91. The molecule has 3 aromatic rings. The van der Waals surface area contributed by atoms with E-state index in [-0.39, 0.29) is 17.4 Å². The molecule has 5 rings (SSSR count). The number of para-hydroxylation sites is 2. The van der Waals surface area contributed by atoms with Crippen molar-refractivity contribution in [1.29, 1.82) is 0 Å². The molecule has 28 heavy (non-hydrogen) atoms. The number of aromatic nitrogens is 1. The Labute approximate surface area is 163 Å². The predicted molar refractivity (Wildman–Crippen MR) is 109 cm³/mol. The Kier molecular flexibility index (Phi) is 4.00. The molecule has 2 N–H and O–H groups in total. The fourth-order valence-electron chi connectivity index (χ4n) is 4.78. The van der Waals surface area contributed by atoms with Crippen molar-refractivity contribution in [2.45, 2.75) is 19.4 Å². The van der Waals surface area contributed by atoms with Crippen LogP contribution >= 0.6 is 0 Å². The van der Waals surface area contributed by atoms with Gasteiger partial charge < -0.3 is 20.1 Å². The number of hydrogen-bond acceptors (Lipinski definition) is 2. The van der Waals surface area contributed by atoms with Gasteiger partial charge in [0.2, 0.25) is 5.91 Å². The molecule has 3 amide bonds. The second-order valence-electron chi connectivity index (χ2n) is 8.04. The van der Waals surface area contributed by atoms with Crippen LogP contribution in [0.5, 0.6) is 0 Å². The third-order valence-corrected chi connectivity index (χ3v) is 6.21. The van der Waals surface area contributed by atoms with E-state index in [1.54, 1.807) is 0 Å². The maximum atomic E-state index is 12.6. The molecule has 2 aliphatic heterocycles. The number of carbonyl (C=O) groups is 2. The van der Waals surface area contributed by atoms with E-state index in [1.165, 1.54) is 21.8 Å². The Bertz CT molecular complexity index is 1020. The minimum atomic E-state index is -0.0543. The van der Waals surface area contributed by atoms with Crippen molar-refractivity contribution < 1.29 is 9.59 Å². The van der Waals surface area contributed by atoms with Gasteiger partial charge in [-0.25, -0.2) is 4.79 Å². The predicted octanol–water partition coefficient (Wildman–Crippen LogP) is 2.72. The molecule has 2 aliphatic rings. The molecular weight excluding hydrogens is 352 g/mol. The lowest BCUT2D eigenvalue weighted by molar-refractivity contribution is -0.119. The third-order valence-electron chi connectivity index (χ3n) is 6.21. The van der Waals surface area contributed by atoms with Gasteiger partial charge in [-0.3, -0.25) is 4.79 Å². The van der Waals surface area contributed by atoms with Gasteiger partial charge >= 0.3 is 6.03 Å². The highest BCUT2D eigenvalue weighted by Gasteiger charge is 2.45. The molecule has 2 saturated heterocycles. The number of urea groups is 1. The monoisotopic (exact) mass is 376 g/mol. The molecule has 144 valence electrons. The summed E-state index contributed by atoms with van der Waals surface area (Å²) in [4.78, 5) is 26.0. The molecule has 6 nitrogen and oxygen atoms in total. The van der Waals surface area contributed by atoms with Crippen LogP contribution < -0.4 is 10.6 Å². The van der Waals surface area contributed by atoms with Crippen LogP contribution in [-0.2, 0) is 11.3 Å². The van der Waals surface area contributed by atoms with Crippen LogP contribution in [0.1, 0.15) is 12.8 Å². The van der Waals surface area contributed by atoms with Crippen LogP contribution in [0, 0.1) is 5.41 Å². The second-order valence-corrected chi connectivity index (χ2v) is 8.04. The molecule has 1 unspecified atom stereocenters. The molecule has 0 aliphatic carbocycles. The summed E-state index contributed by atoms with van der Waals surface area (Å²) >= 11 is 0. The van der Waals surface area contributed by atoms with E-state index in [0.29, 0.717) is 26.1 Å². The summed E-state index contributed by atoms with van der Waals surface area (Å²) in [5.41, 5.74) is 2.32. The van der Waals surface area contributed by atoms with E-state index < -0.39 is 0 Å². The van der Waals surface area contributed by atoms with E-state index >= 15 is 0 Å². The van der Waals surface area contributed by atoms with Gasteiger partial charge in [-0.15, -0.1) is 0 Å².